The predicted molar refractivity (Wildman–Crippen MR) is 92.8 cm³/mol. The van der Waals surface area contributed by atoms with Crippen LogP contribution in [0, 0.1) is 17.3 Å². The molecule has 2 aliphatic rings. The fourth-order valence-corrected chi connectivity index (χ4v) is 3.41. The van der Waals surface area contributed by atoms with Gasteiger partial charge in [-0.15, -0.1) is 0 Å². The molecule has 1 saturated carbocycles. The van der Waals surface area contributed by atoms with Crippen LogP contribution in [0.3, 0.4) is 0 Å². The Kier molecular flexibility index (Phi) is 6.31. The normalized spacial score (nSPS) is 28.0. The topological polar surface area (TPSA) is 51.0 Å². The van der Waals surface area contributed by atoms with E-state index in [1.165, 1.54) is 44.9 Å². The smallest absolute Gasteiger partial charge is 0.238 e. The highest BCUT2D eigenvalue weighted by molar-refractivity contribution is 5.85. The summed E-state index contributed by atoms with van der Waals surface area (Å²) in [5.41, 5.74) is 0.383. The molecule has 2 N–H and O–H groups in total. The average molecular weight is 309 g/mol. The van der Waals surface area contributed by atoms with Crippen LogP contribution in [0.4, 0.5) is 0 Å². The molecule has 1 saturated heterocycles. The number of carbonyl (C=O) groups is 1. The zero-order valence-corrected chi connectivity index (χ0v) is 15.1. The molecule has 22 heavy (non-hydrogen) atoms. The van der Waals surface area contributed by atoms with Crippen LogP contribution in [0.1, 0.15) is 79.1 Å². The van der Waals surface area contributed by atoms with Crippen LogP contribution in [-0.4, -0.2) is 24.5 Å². The Balaban J connectivity index is 1.61. The molecule has 2 unspecified atom stereocenters. The second-order valence-electron chi connectivity index (χ2n) is 8.12. The molecule has 1 aliphatic carbocycles. The van der Waals surface area contributed by atoms with Crippen LogP contribution < -0.4 is 10.6 Å². The minimum atomic E-state index is 0.116. The number of rotatable bonds is 11. The van der Waals surface area contributed by atoms with E-state index >= 15 is 0 Å². The summed E-state index contributed by atoms with van der Waals surface area (Å²) in [6.45, 7) is 10.1. The minimum Gasteiger partial charge on any atom is -0.355 e. The maximum absolute atomic E-state index is 12.1. The molecule has 1 heterocycles. The monoisotopic (exact) mass is 308 g/mol. The highest BCUT2D eigenvalue weighted by Crippen LogP contribution is 2.39. The maximum Gasteiger partial charge on any atom is 0.238 e. The Labute approximate surface area is 137 Å². The van der Waals surface area contributed by atoms with E-state index in [9.17, 15) is 4.79 Å². The zero-order valence-electron chi connectivity index (χ0n) is 15.1. The molecule has 0 radical (unpaired) electrons. The number of nitrogens with one attached hydrogen (secondary N) is 2. The third kappa shape index (κ3) is 5.26. The van der Waals surface area contributed by atoms with E-state index < -0.39 is 0 Å². The van der Waals surface area contributed by atoms with Gasteiger partial charge in [0.1, 0.15) is 6.04 Å². The molecule has 4 atom stereocenters. The van der Waals surface area contributed by atoms with Gasteiger partial charge < -0.3 is 5.32 Å². The summed E-state index contributed by atoms with van der Waals surface area (Å²) in [5.74, 6) is 1.87. The molecule has 128 valence electrons. The number of amides is 1. The van der Waals surface area contributed by atoms with Crippen molar-refractivity contribution in [1.82, 2.24) is 10.6 Å². The van der Waals surface area contributed by atoms with Crippen molar-refractivity contribution in [2.24, 2.45) is 17.3 Å². The first-order valence-electron chi connectivity index (χ1n) is 9.53. The lowest BCUT2D eigenvalue weighted by molar-refractivity contribution is -0.120. The molecule has 3 heteroatoms. The van der Waals surface area contributed by atoms with Gasteiger partial charge in [-0.25, -0.2) is 0 Å². The molecule has 1 amide bonds. The van der Waals surface area contributed by atoms with E-state index in [1.54, 1.807) is 0 Å². The minimum absolute atomic E-state index is 0.116. The Bertz CT molecular complexity index is 366. The number of hydrogen-bond donors (Lipinski definition) is 2. The molecule has 0 aromatic carbocycles. The second-order valence-corrected chi connectivity index (χ2v) is 8.12. The van der Waals surface area contributed by atoms with Crippen molar-refractivity contribution in [3.63, 3.8) is 0 Å². The Morgan fingerprint density at radius 1 is 1.32 bits per heavy atom. The molecule has 1 aliphatic heterocycles. The van der Waals surface area contributed by atoms with Crippen molar-refractivity contribution in [2.75, 3.05) is 6.54 Å². The van der Waals surface area contributed by atoms with Gasteiger partial charge in [0.05, 0.1) is 0 Å². The van der Waals surface area contributed by atoms with Crippen molar-refractivity contribution >= 4 is 5.91 Å². The summed E-state index contributed by atoms with van der Waals surface area (Å²) in [4.78, 5) is 12.1. The van der Waals surface area contributed by atoms with Gasteiger partial charge in [-0.1, -0.05) is 53.4 Å². The van der Waals surface area contributed by atoms with Gasteiger partial charge in [-0.2, -0.15) is 0 Å². The summed E-state index contributed by atoms with van der Waals surface area (Å²) in [5, 5.41) is 6.49. The van der Waals surface area contributed by atoms with E-state index in [2.05, 4.69) is 38.3 Å². The zero-order chi connectivity index (χ0) is 16.2. The third-order valence-electron chi connectivity index (χ3n) is 6.09. The summed E-state index contributed by atoms with van der Waals surface area (Å²) in [6.07, 6.45) is 10.2. The van der Waals surface area contributed by atoms with Crippen LogP contribution in [-0.2, 0) is 4.79 Å². The van der Waals surface area contributed by atoms with E-state index in [0.29, 0.717) is 11.5 Å². The van der Waals surface area contributed by atoms with Gasteiger partial charge >= 0.3 is 0 Å². The van der Waals surface area contributed by atoms with Gasteiger partial charge in [-0.05, 0) is 42.9 Å². The molecular weight excluding hydrogens is 272 g/mol. The van der Waals surface area contributed by atoms with Crippen molar-refractivity contribution < 1.29 is 4.79 Å². The summed E-state index contributed by atoms with van der Waals surface area (Å²) < 4.78 is 0. The fourth-order valence-electron chi connectivity index (χ4n) is 3.41. The van der Waals surface area contributed by atoms with Crippen molar-refractivity contribution in [1.29, 1.82) is 0 Å². The molecular formula is C19H36N2O. The van der Waals surface area contributed by atoms with Crippen molar-refractivity contribution in [3.05, 3.63) is 0 Å². The average Bonchev–Trinajstić information content (AvgIpc) is 3.38. The summed E-state index contributed by atoms with van der Waals surface area (Å²) in [6, 6.07) is 0.610. The van der Waals surface area contributed by atoms with E-state index in [0.717, 1.165) is 24.8 Å². The van der Waals surface area contributed by atoms with Gasteiger partial charge in [0.2, 0.25) is 5.91 Å². The van der Waals surface area contributed by atoms with Crippen LogP contribution in [0.15, 0.2) is 0 Å². The molecule has 0 spiro atoms. The highest BCUT2D eigenvalue weighted by atomic mass is 16.2. The first kappa shape index (κ1) is 17.8. The molecule has 0 aromatic rings. The second kappa shape index (κ2) is 7.81. The molecule has 3 nitrogen and oxygen atoms in total. The van der Waals surface area contributed by atoms with E-state index in [4.69, 9.17) is 0 Å². The number of carbonyl (C=O) groups excluding carboxylic acids is 1. The molecule has 0 aromatic heterocycles. The van der Waals surface area contributed by atoms with Crippen molar-refractivity contribution in [3.8, 4) is 0 Å². The predicted octanol–water partition coefficient (Wildman–Crippen LogP) is 3.88. The lowest BCUT2D eigenvalue weighted by Crippen LogP contribution is -2.33. The molecule has 0 bridgehead atoms. The van der Waals surface area contributed by atoms with Crippen molar-refractivity contribution in [2.45, 2.75) is 91.1 Å². The lowest BCUT2D eigenvalue weighted by atomic mass is 9.78. The van der Waals surface area contributed by atoms with E-state index in [1.807, 2.05) is 0 Å². The summed E-state index contributed by atoms with van der Waals surface area (Å²) in [7, 11) is 0. The Morgan fingerprint density at radius 2 is 2.05 bits per heavy atom. The van der Waals surface area contributed by atoms with Gasteiger partial charge in [0.25, 0.3) is 0 Å². The highest BCUT2D eigenvalue weighted by Gasteiger charge is 2.50. The first-order chi connectivity index (χ1) is 10.5. The maximum atomic E-state index is 12.1. The summed E-state index contributed by atoms with van der Waals surface area (Å²) >= 11 is 0. The van der Waals surface area contributed by atoms with Gasteiger partial charge in [0.15, 0.2) is 0 Å². The fraction of sp³-hybridized carbons (Fsp3) is 0.947. The Morgan fingerprint density at radius 3 is 2.64 bits per heavy atom. The molecule has 2 fully saturated rings. The lowest BCUT2D eigenvalue weighted by Gasteiger charge is -2.29. The third-order valence-corrected chi connectivity index (χ3v) is 6.09. The van der Waals surface area contributed by atoms with Crippen LogP contribution in [0.25, 0.3) is 0 Å². The Hall–Kier alpha value is -0.570. The standard InChI is InChI=1S/C19H36N2O/c1-5-14(3)8-7-11-19(4,6-2)12-13-20-18(22)17-16(21-17)15-9-10-15/h14-17,21H,5-13H2,1-4H3,(H,20,22)/t14?,16?,17-,19+/m1/s1. The van der Waals surface area contributed by atoms with Gasteiger partial charge in [-0.3, -0.25) is 10.1 Å². The quantitative estimate of drug-likeness (QED) is 0.569. The van der Waals surface area contributed by atoms with Gasteiger partial charge in [0, 0.05) is 12.6 Å². The van der Waals surface area contributed by atoms with Crippen LogP contribution in [0.5, 0.6) is 0 Å². The number of hydrogen-bond acceptors (Lipinski definition) is 2. The van der Waals surface area contributed by atoms with E-state index in [-0.39, 0.29) is 11.9 Å². The first-order valence-corrected chi connectivity index (χ1v) is 9.53. The SMILES string of the molecule is CCC(C)CCC[C@](C)(CC)CCNC(=O)[C@@H]1NC1C1CC1. The van der Waals surface area contributed by atoms with Crippen LogP contribution >= 0.6 is 0 Å². The largest absolute Gasteiger partial charge is 0.355 e. The molecule has 2 rings (SSSR count). The van der Waals surface area contributed by atoms with Crippen LogP contribution in [0.2, 0.25) is 0 Å².